The maximum atomic E-state index is 12.3. The van der Waals surface area contributed by atoms with Crippen molar-refractivity contribution < 1.29 is 9.59 Å². The third kappa shape index (κ3) is 4.57. The van der Waals surface area contributed by atoms with E-state index < -0.39 is 11.8 Å². The molecule has 0 saturated carbocycles. The normalized spacial score (nSPS) is 10.5. The van der Waals surface area contributed by atoms with Crippen LogP contribution >= 0.6 is 0 Å². The summed E-state index contributed by atoms with van der Waals surface area (Å²) in [6.45, 7) is 10.4. The second-order valence-electron chi connectivity index (χ2n) is 5.56. The third-order valence-electron chi connectivity index (χ3n) is 3.28. The van der Waals surface area contributed by atoms with Gasteiger partial charge >= 0.3 is 0 Å². The Kier molecular flexibility index (Phi) is 5.74. The highest BCUT2D eigenvalue weighted by Gasteiger charge is 2.24. The molecule has 0 radical (unpaired) electrons. The number of benzene rings is 2. The number of azo groups is 1. The van der Waals surface area contributed by atoms with Crippen LogP contribution in [0, 0.1) is 0 Å². The van der Waals surface area contributed by atoms with Crippen molar-refractivity contribution in [2.24, 2.45) is 10.2 Å². The molecule has 0 aliphatic rings. The van der Waals surface area contributed by atoms with Crippen molar-refractivity contribution in [3.05, 3.63) is 78.9 Å². The van der Waals surface area contributed by atoms with Gasteiger partial charge in [-0.1, -0.05) is 31.4 Å². The van der Waals surface area contributed by atoms with E-state index in [0.29, 0.717) is 11.4 Å². The number of hydrogen-bond acceptors (Lipinski definition) is 4. The average Bonchev–Trinajstić information content (AvgIpc) is 2.61. The first kappa shape index (κ1) is 18.0. The number of imide groups is 1. The number of rotatable bonds is 5. The lowest BCUT2D eigenvalue weighted by molar-refractivity contribution is -0.122. The molecule has 0 heterocycles. The molecular weight excluding hydrogens is 314 g/mol. The van der Waals surface area contributed by atoms with Crippen LogP contribution in [0.25, 0.3) is 0 Å². The Morgan fingerprint density at radius 1 is 0.760 bits per heavy atom. The first-order valence-electron chi connectivity index (χ1n) is 7.67. The van der Waals surface area contributed by atoms with Gasteiger partial charge in [-0.05, 0) is 50.2 Å². The molecule has 5 heteroatoms. The van der Waals surface area contributed by atoms with Crippen molar-refractivity contribution in [1.29, 1.82) is 0 Å². The Labute approximate surface area is 147 Å². The average molecular weight is 333 g/mol. The maximum absolute atomic E-state index is 12.3. The number of hydrogen-bond donors (Lipinski definition) is 0. The van der Waals surface area contributed by atoms with Crippen LogP contribution in [0.4, 0.5) is 17.1 Å². The summed E-state index contributed by atoms with van der Waals surface area (Å²) in [5, 5.41) is 8.27. The van der Waals surface area contributed by atoms with E-state index in [1.807, 2.05) is 30.3 Å². The molecule has 126 valence electrons. The molecule has 0 aliphatic carbocycles. The molecule has 5 nitrogen and oxygen atoms in total. The topological polar surface area (TPSA) is 62.1 Å². The van der Waals surface area contributed by atoms with Gasteiger partial charge in [-0.3, -0.25) is 9.59 Å². The van der Waals surface area contributed by atoms with E-state index in [2.05, 4.69) is 23.4 Å². The minimum absolute atomic E-state index is 0.266. The van der Waals surface area contributed by atoms with E-state index >= 15 is 0 Å². The van der Waals surface area contributed by atoms with Crippen LogP contribution in [0.1, 0.15) is 13.8 Å². The van der Waals surface area contributed by atoms with Crippen molar-refractivity contribution in [1.82, 2.24) is 0 Å². The zero-order chi connectivity index (χ0) is 18.4. The van der Waals surface area contributed by atoms with Crippen LogP contribution in [0.15, 0.2) is 89.1 Å². The summed E-state index contributed by atoms with van der Waals surface area (Å²) in [6.07, 6.45) is 0. The quantitative estimate of drug-likeness (QED) is 0.563. The van der Waals surface area contributed by atoms with E-state index in [9.17, 15) is 9.59 Å². The zero-order valence-corrected chi connectivity index (χ0v) is 14.3. The summed E-state index contributed by atoms with van der Waals surface area (Å²) in [5.74, 6) is -0.932. The van der Waals surface area contributed by atoms with Crippen molar-refractivity contribution >= 4 is 28.9 Å². The van der Waals surface area contributed by atoms with Crippen molar-refractivity contribution in [2.45, 2.75) is 13.8 Å². The van der Waals surface area contributed by atoms with Gasteiger partial charge in [0.1, 0.15) is 0 Å². The molecule has 25 heavy (non-hydrogen) atoms. The molecule has 0 saturated heterocycles. The first-order valence-corrected chi connectivity index (χ1v) is 7.67. The van der Waals surface area contributed by atoms with E-state index in [1.165, 1.54) is 0 Å². The molecule has 0 spiro atoms. The zero-order valence-electron chi connectivity index (χ0n) is 14.3. The van der Waals surface area contributed by atoms with Crippen LogP contribution in [0.2, 0.25) is 0 Å². The number of amides is 2. The van der Waals surface area contributed by atoms with Crippen LogP contribution in [0.5, 0.6) is 0 Å². The molecular formula is C20H19N3O2. The Morgan fingerprint density at radius 3 is 1.64 bits per heavy atom. The molecule has 2 aromatic rings. The summed E-state index contributed by atoms with van der Waals surface area (Å²) in [6, 6.07) is 16.0. The van der Waals surface area contributed by atoms with Gasteiger partial charge in [-0.15, -0.1) is 0 Å². The predicted octanol–water partition coefficient (Wildman–Crippen LogP) is 5.11. The van der Waals surface area contributed by atoms with E-state index in [-0.39, 0.29) is 11.1 Å². The minimum Gasteiger partial charge on any atom is -0.269 e. The summed E-state index contributed by atoms with van der Waals surface area (Å²) < 4.78 is 0. The first-order chi connectivity index (χ1) is 11.9. The summed E-state index contributed by atoms with van der Waals surface area (Å²) >= 11 is 0. The Hall–Kier alpha value is -3.34. The highest BCUT2D eigenvalue weighted by molar-refractivity contribution is 6.24. The maximum Gasteiger partial charge on any atom is 0.260 e. The van der Waals surface area contributed by atoms with Gasteiger partial charge in [0.2, 0.25) is 0 Å². The molecule has 2 amide bonds. The van der Waals surface area contributed by atoms with E-state index in [4.69, 9.17) is 0 Å². The highest BCUT2D eigenvalue weighted by atomic mass is 16.2. The molecule has 2 rings (SSSR count). The Bertz CT molecular complexity index is 811. The van der Waals surface area contributed by atoms with E-state index in [0.717, 1.165) is 10.6 Å². The smallest absolute Gasteiger partial charge is 0.260 e. The summed E-state index contributed by atoms with van der Waals surface area (Å²) in [7, 11) is 0. The molecule has 0 N–H and O–H groups in total. The number of carbonyl (C=O) groups is 2. The molecule has 0 bridgehead atoms. The van der Waals surface area contributed by atoms with Gasteiger partial charge in [-0.25, -0.2) is 4.90 Å². The van der Waals surface area contributed by atoms with Crippen molar-refractivity contribution in [3.63, 3.8) is 0 Å². The van der Waals surface area contributed by atoms with E-state index in [1.54, 1.807) is 38.1 Å². The van der Waals surface area contributed by atoms with Gasteiger partial charge in [-0.2, -0.15) is 10.2 Å². The molecule has 0 aliphatic heterocycles. The lowest BCUT2D eigenvalue weighted by Crippen LogP contribution is -2.37. The van der Waals surface area contributed by atoms with Gasteiger partial charge in [0.05, 0.1) is 17.1 Å². The number of carbonyl (C=O) groups excluding carboxylic acids is 2. The highest BCUT2D eigenvalue weighted by Crippen LogP contribution is 2.24. The Balaban J connectivity index is 2.27. The number of nitrogens with zero attached hydrogens (tertiary/aromatic N) is 3. The fourth-order valence-corrected chi connectivity index (χ4v) is 1.99. The molecule has 0 unspecified atom stereocenters. The Morgan fingerprint density at radius 2 is 1.20 bits per heavy atom. The standard InChI is InChI=1S/C20H19N3O2/c1-14(2)19(24)23(20(25)15(3)4)18-12-10-17(11-13-18)22-21-16-8-6-5-7-9-16/h5-13H,1,3H2,2,4H3. The molecule has 2 aromatic carbocycles. The largest absolute Gasteiger partial charge is 0.269 e. The third-order valence-corrected chi connectivity index (χ3v) is 3.28. The summed E-state index contributed by atoms with van der Waals surface area (Å²) in [4.78, 5) is 25.7. The number of anilines is 1. The van der Waals surface area contributed by atoms with Gasteiger partial charge < -0.3 is 0 Å². The molecule has 0 atom stereocenters. The minimum atomic E-state index is -0.466. The van der Waals surface area contributed by atoms with Crippen LogP contribution in [-0.2, 0) is 9.59 Å². The van der Waals surface area contributed by atoms with Gasteiger partial charge in [0.25, 0.3) is 11.8 Å². The second-order valence-corrected chi connectivity index (χ2v) is 5.56. The summed E-state index contributed by atoms with van der Waals surface area (Å²) in [5.41, 5.74) is 2.31. The van der Waals surface area contributed by atoms with Crippen LogP contribution in [-0.4, -0.2) is 11.8 Å². The predicted molar refractivity (Wildman–Crippen MR) is 99.2 cm³/mol. The van der Waals surface area contributed by atoms with Crippen LogP contribution in [0.3, 0.4) is 0 Å². The molecule has 0 fully saturated rings. The second kappa shape index (κ2) is 7.97. The monoisotopic (exact) mass is 333 g/mol. The van der Waals surface area contributed by atoms with Gasteiger partial charge in [0.15, 0.2) is 0 Å². The lowest BCUT2D eigenvalue weighted by Gasteiger charge is -2.21. The lowest BCUT2D eigenvalue weighted by atomic mass is 10.2. The van der Waals surface area contributed by atoms with Crippen molar-refractivity contribution in [3.8, 4) is 0 Å². The fraction of sp³-hybridized carbons (Fsp3) is 0.100. The molecule has 0 aromatic heterocycles. The SMILES string of the molecule is C=C(C)C(=O)N(C(=O)C(=C)C)c1ccc(N=Nc2ccccc2)cc1. The van der Waals surface area contributed by atoms with Crippen LogP contribution < -0.4 is 4.90 Å². The van der Waals surface area contributed by atoms with Gasteiger partial charge in [0, 0.05) is 11.1 Å². The van der Waals surface area contributed by atoms with Crippen molar-refractivity contribution in [2.75, 3.05) is 4.90 Å². The fourth-order valence-electron chi connectivity index (χ4n) is 1.99.